The van der Waals surface area contributed by atoms with Gasteiger partial charge in [-0.15, -0.1) is 0 Å². The van der Waals surface area contributed by atoms with E-state index < -0.39 is 0 Å². The number of nitriles is 1. The highest BCUT2D eigenvalue weighted by molar-refractivity contribution is 7.00. The lowest BCUT2D eigenvalue weighted by molar-refractivity contribution is 1.22. The number of rotatable bonds is 10. The molecule has 10 aromatic carbocycles. The summed E-state index contributed by atoms with van der Waals surface area (Å²) < 4.78 is 0. The lowest BCUT2D eigenvalue weighted by atomic mass is 9.30. The summed E-state index contributed by atoms with van der Waals surface area (Å²) in [6.45, 7) is 10.5. The predicted octanol–water partition coefficient (Wildman–Crippen LogP) is 15.3. The maximum absolute atomic E-state index is 12.6. The molecule has 2 aliphatic heterocycles. The summed E-state index contributed by atoms with van der Waals surface area (Å²) >= 11 is 0. The molecular formula is C73H57B2N5. The average Bonchev–Trinajstić information content (AvgIpc) is 2.50. The Morgan fingerprint density at radius 2 is 0.838 bits per heavy atom. The molecular weight excluding hydrogens is 968 g/mol. The van der Waals surface area contributed by atoms with Gasteiger partial charge in [0, 0.05) is 63.3 Å². The van der Waals surface area contributed by atoms with Gasteiger partial charge in [-0.05, 0) is 165 Å². The van der Waals surface area contributed by atoms with E-state index in [-0.39, 0.29) is 13.4 Å². The summed E-state index contributed by atoms with van der Waals surface area (Å²) in [6, 6.07) is 87.7. The molecule has 10 aromatic rings. The zero-order valence-corrected chi connectivity index (χ0v) is 45.7. The monoisotopic (exact) mass is 1030 g/mol. The van der Waals surface area contributed by atoms with Crippen LogP contribution >= 0.6 is 0 Å². The molecule has 380 valence electrons. The van der Waals surface area contributed by atoms with Crippen LogP contribution in [0.4, 0.5) is 68.2 Å². The van der Waals surface area contributed by atoms with Gasteiger partial charge in [0.15, 0.2) is 0 Å². The van der Waals surface area contributed by atoms with Gasteiger partial charge in [-0.1, -0.05) is 185 Å². The van der Waals surface area contributed by atoms with Crippen LogP contribution in [0.1, 0.15) is 42.5 Å². The van der Waals surface area contributed by atoms with E-state index in [1.54, 1.807) is 0 Å². The fraction of sp³-hybridized carbons (Fsp3) is 0.0822. The third kappa shape index (κ3) is 8.65. The number of fused-ring (bicyclic) bond motifs is 4. The zero-order chi connectivity index (χ0) is 54.4. The molecule has 0 bridgehead atoms. The molecule has 0 atom stereocenters. The van der Waals surface area contributed by atoms with Crippen LogP contribution < -0.4 is 46.9 Å². The van der Waals surface area contributed by atoms with Gasteiger partial charge < -0.3 is 19.6 Å². The molecule has 0 aromatic heterocycles. The third-order valence-corrected chi connectivity index (χ3v) is 16.0. The second kappa shape index (κ2) is 20.8. The predicted molar refractivity (Wildman–Crippen MR) is 339 cm³/mol. The van der Waals surface area contributed by atoms with E-state index in [2.05, 4.69) is 315 Å². The van der Waals surface area contributed by atoms with E-state index in [4.69, 9.17) is 0 Å². The maximum atomic E-state index is 12.6. The van der Waals surface area contributed by atoms with Crippen molar-refractivity contribution in [1.29, 1.82) is 5.26 Å². The molecule has 1 aliphatic carbocycles. The Morgan fingerprint density at radius 1 is 0.438 bits per heavy atom. The van der Waals surface area contributed by atoms with Crippen molar-refractivity contribution in [3.63, 3.8) is 0 Å². The number of hydrogen-bond acceptors (Lipinski definition) is 5. The maximum Gasteiger partial charge on any atom is 0.257 e. The van der Waals surface area contributed by atoms with Crippen LogP contribution in [-0.2, 0) is 0 Å². The number of para-hydroxylation sites is 6. The Bertz CT molecular complexity index is 4080. The third-order valence-electron chi connectivity index (χ3n) is 16.0. The zero-order valence-electron chi connectivity index (χ0n) is 45.7. The Balaban J connectivity index is 1.17. The number of aryl methyl sites for hydroxylation is 3. The molecule has 0 spiro atoms. The molecule has 3 aliphatic rings. The van der Waals surface area contributed by atoms with E-state index in [1.165, 1.54) is 27.7 Å². The molecule has 5 nitrogen and oxygen atoms in total. The van der Waals surface area contributed by atoms with Gasteiger partial charge in [0.2, 0.25) is 6.71 Å². The largest absolute Gasteiger partial charge is 0.310 e. The summed E-state index contributed by atoms with van der Waals surface area (Å²) in [7, 11) is 0. The van der Waals surface area contributed by atoms with Crippen molar-refractivity contribution in [2.45, 2.75) is 41.0 Å². The normalized spacial score (nSPS) is 13.2. The van der Waals surface area contributed by atoms with Gasteiger partial charge in [0.1, 0.15) is 6.07 Å². The van der Waals surface area contributed by atoms with Crippen LogP contribution in [0, 0.1) is 43.9 Å². The van der Waals surface area contributed by atoms with E-state index in [0.29, 0.717) is 12.0 Å². The van der Waals surface area contributed by atoms with Gasteiger partial charge in [0.25, 0.3) is 6.71 Å². The molecule has 2 heterocycles. The van der Waals surface area contributed by atoms with Crippen LogP contribution in [0.5, 0.6) is 0 Å². The second-order valence-electron chi connectivity index (χ2n) is 21.3. The van der Waals surface area contributed by atoms with E-state index in [9.17, 15) is 5.26 Å². The molecule has 0 saturated carbocycles. The molecule has 7 heteroatoms. The van der Waals surface area contributed by atoms with E-state index >= 15 is 0 Å². The Hall–Kier alpha value is -9.94. The highest BCUT2D eigenvalue weighted by atomic mass is 15.2. The van der Waals surface area contributed by atoms with Gasteiger partial charge in [-0.3, -0.25) is 0 Å². The lowest BCUT2D eigenvalue weighted by Gasteiger charge is -2.44. The van der Waals surface area contributed by atoms with Gasteiger partial charge in [-0.2, -0.15) is 5.26 Å². The fourth-order valence-electron chi connectivity index (χ4n) is 12.9. The topological polar surface area (TPSA) is 36.8 Å². The van der Waals surface area contributed by atoms with Crippen LogP contribution in [0.25, 0.3) is 0 Å². The first-order chi connectivity index (χ1) is 39.2. The summed E-state index contributed by atoms with van der Waals surface area (Å²) in [5.74, 6) is 7.39. The molecule has 0 fully saturated rings. The minimum Gasteiger partial charge on any atom is -0.310 e. The highest BCUT2D eigenvalue weighted by Crippen LogP contribution is 2.49. The van der Waals surface area contributed by atoms with E-state index in [0.717, 1.165) is 101 Å². The number of hydrogen-bond donors (Lipinski definition) is 0. The van der Waals surface area contributed by atoms with Gasteiger partial charge in [0.05, 0.1) is 16.9 Å². The van der Waals surface area contributed by atoms with Gasteiger partial charge >= 0.3 is 0 Å². The average molecular weight is 1030 g/mol. The molecule has 0 unspecified atom stereocenters. The minimum absolute atomic E-state index is 0.258. The number of nitrogens with zero attached hydrogens (tertiary/aromatic N) is 5. The van der Waals surface area contributed by atoms with E-state index in [1.807, 2.05) is 0 Å². The Kier molecular flexibility index (Phi) is 12.9. The van der Waals surface area contributed by atoms with Crippen molar-refractivity contribution in [2.75, 3.05) is 19.6 Å². The molecule has 80 heavy (non-hydrogen) atoms. The van der Waals surface area contributed by atoms with Crippen molar-refractivity contribution in [2.24, 2.45) is 0 Å². The minimum atomic E-state index is -0.330. The van der Waals surface area contributed by atoms with Crippen LogP contribution in [-0.4, -0.2) is 13.4 Å². The summed E-state index contributed by atoms with van der Waals surface area (Å²) in [4.78, 5) is 9.41. The van der Waals surface area contributed by atoms with Crippen molar-refractivity contribution in [3.8, 4) is 17.9 Å². The first-order valence-corrected chi connectivity index (χ1v) is 27.6. The molecule has 0 saturated heterocycles. The SMILES string of the molecule is CC1=CC(C)=C(B2c3ccc(N(c4ccccc4)c4ccccc4)cc3N(c3ccccc3)c3c2cc2c(c3C#N)N(c3ccccc3)c3cc(N(c4ccccc4)c4ccccc4)ccc3B2c2c(C)cc(C)cc2C)C#CC1. The highest BCUT2D eigenvalue weighted by Gasteiger charge is 2.46. The van der Waals surface area contributed by atoms with Crippen LogP contribution in [0.2, 0.25) is 0 Å². The van der Waals surface area contributed by atoms with Crippen molar-refractivity contribution >= 4 is 109 Å². The quantitative estimate of drug-likeness (QED) is 0.101. The number of allylic oxidation sites excluding steroid dienone is 4. The fourth-order valence-corrected chi connectivity index (χ4v) is 12.9. The first-order valence-electron chi connectivity index (χ1n) is 27.6. The van der Waals surface area contributed by atoms with Crippen LogP contribution in [0.15, 0.2) is 259 Å². The number of anilines is 12. The molecule has 0 radical (unpaired) electrons. The molecule has 13 rings (SSSR count). The van der Waals surface area contributed by atoms with Crippen LogP contribution in [0.3, 0.4) is 0 Å². The standard InChI is InChI=1S/C73H57B2N5/c1-50-25-24-38-64(52(3)43-50)74-65-41-39-61(77(55-26-12-6-13-27-55)56-28-14-7-15-29-56)46-69(65)79(59-34-20-10-21-35-59)72-63(49-76)73-68(48-67(72)74)75(71-53(4)44-51(2)45-54(71)5)66-42-40-62(47-70(66)80(73)60-36-22-11-23-37-60)78(57-30-16-8-17-31-57)58-32-18-9-19-33-58/h6-23,26-37,39-48H,25H2,1-5H3. The smallest absolute Gasteiger partial charge is 0.257 e. The Morgan fingerprint density at radius 3 is 1.26 bits per heavy atom. The lowest BCUT2D eigenvalue weighted by Crippen LogP contribution is -2.61. The van der Waals surface area contributed by atoms with Gasteiger partial charge in [-0.25, -0.2) is 0 Å². The first kappa shape index (κ1) is 49.6. The summed E-state index contributed by atoms with van der Waals surface area (Å²) in [5.41, 5.74) is 25.1. The Labute approximate surface area is 471 Å². The van der Waals surface area contributed by atoms with Crippen molar-refractivity contribution < 1.29 is 0 Å². The number of benzene rings is 10. The molecule has 0 N–H and O–H groups in total. The summed E-state index contributed by atoms with van der Waals surface area (Å²) in [6.07, 6.45) is 2.99. The van der Waals surface area contributed by atoms with Crippen molar-refractivity contribution in [3.05, 3.63) is 282 Å². The summed E-state index contributed by atoms with van der Waals surface area (Å²) in [5, 5.41) is 12.6. The molecule has 0 amide bonds. The van der Waals surface area contributed by atoms with Crippen molar-refractivity contribution in [1.82, 2.24) is 0 Å². The second-order valence-corrected chi connectivity index (χ2v) is 21.3.